The molecule has 0 spiro atoms. The molecule has 0 aliphatic carbocycles. The van der Waals surface area contributed by atoms with Gasteiger partial charge in [-0.25, -0.2) is 0 Å². The fourth-order valence-electron chi connectivity index (χ4n) is 4.46. The molecule has 2 bridgehead atoms. The van der Waals surface area contributed by atoms with Crippen LogP contribution in [0.1, 0.15) is 60.2 Å². The molecule has 3 atom stereocenters. The number of carbonyl (C=O) groups is 2. The quantitative estimate of drug-likeness (QED) is 0.878. The highest BCUT2D eigenvalue weighted by Crippen LogP contribution is 2.40. The van der Waals surface area contributed by atoms with E-state index >= 15 is 0 Å². The molecule has 1 amide bonds. The standard InChI is InChI=1S/C19H23ClN2O3/c1-19(2)17(23)14-6-10(20)7-15(16(14)25-19)18(24)21-11-8-12-4-5-13(9-11)22(12)3/h6-7,11-13H,4-5,8-9H2,1-3H3,(H,21,24)/t11?,12-,13+. The fourth-order valence-corrected chi connectivity index (χ4v) is 4.68. The van der Waals surface area contributed by atoms with Crippen LogP contribution in [-0.4, -0.2) is 47.4 Å². The van der Waals surface area contributed by atoms with Crippen molar-refractivity contribution in [1.29, 1.82) is 0 Å². The lowest BCUT2D eigenvalue weighted by molar-refractivity contribution is 0.0676. The molecule has 0 aromatic heterocycles. The summed E-state index contributed by atoms with van der Waals surface area (Å²) in [5, 5.41) is 3.52. The molecular weight excluding hydrogens is 340 g/mol. The van der Waals surface area contributed by atoms with E-state index in [0.29, 0.717) is 34.0 Å². The Labute approximate surface area is 152 Å². The molecule has 5 nitrogen and oxygen atoms in total. The van der Waals surface area contributed by atoms with Crippen molar-refractivity contribution >= 4 is 23.3 Å². The van der Waals surface area contributed by atoms with Crippen LogP contribution in [0.4, 0.5) is 0 Å². The molecule has 6 heteroatoms. The van der Waals surface area contributed by atoms with Crippen molar-refractivity contribution in [1.82, 2.24) is 10.2 Å². The number of ketones is 1. The largest absolute Gasteiger partial charge is 0.478 e. The van der Waals surface area contributed by atoms with Crippen LogP contribution in [-0.2, 0) is 0 Å². The Balaban J connectivity index is 1.58. The minimum atomic E-state index is -0.964. The number of fused-ring (bicyclic) bond motifs is 3. The lowest BCUT2D eigenvalue weighted by Gasteiger charge is -2.36. The number of amides is 1. The maximum atomic E-state index is 12.9. The number of rotatable bonds is 2. The number of Topliss-reactive ketones (excluding diaryl/α,β-unsaturated/α-hetero) is 1. The van der Waals surface area contributed by atoms with Gasteiger partial charge in [-0.3, -0.25) is 9.59 Å². The summed E-state index contributed by atoms with van der Waals surface area (Å²) >= 11 is 6.15. The maximum Gasteiger partial charge on any atom is 0.255 e. The number of benzene rings is 1. The van der Waals surface area contributed by atoms with Crippen LogP contribution in [0.15, 0.2) is 12.1 Å². The molecule has 0 saturated carbocycles. The fraction of sp³-hybridized carbons (Fsp3) is 0.579. The van der Waals surface area contributed by atoms with Crippen LogP contribution in [0.3, 0.4) is 0 Å². The molecule has 2 saturated heterocycles. The van der Waals surface area contributed by atoms with Crippen LogP contribution in [0.2, 0.25) is 5.02 Å². The van der Waals surface area contributed by atoms with Gasteiger partial charge in [0.1, 0.15) is 5.75 Å². The Morgan fingerprint density at radius 2 is 1.92 bits per heavy atom. The molecular formula is C19H23ClN2O3. The Kier molecular flexibility index (Phi) is 3.85. The van der Waals surface area contributed by atoms with Crippen LogP contribution >= 0.6 is 11.6 Å². The van der Waals surface area contributed by atoms with E-state index in [9.17, 15) is 9.59 Å². The third kappa shape index (κ3) is 2.74. The van der Waals surface area contributed by atoms with Crippen molar-refractivity contribution < 1.29 is 14.3 Å². The average molecular weight is 363 g/mol. The number of hydrogen-bond donors (Lipinski definition) is 1. The highest BCUT2D eigenvalue weighted by molar-refractivity contribution is 6.32. The molecule has 2 fully saturated rings. The van der Waals surface area contributed by atoms with Gasteiger partial charge in [0.25, 0.3) is 5.91 Å². The van der Waals surface area contributed by atoms with Gasteiger partial charge in [0.05, 0.1) is 11.1 Å². The number of carbonyl (C=O) groups excluding carboxylic acids is 2. The first-order valence-electron chi connectivity index (χ1n) is 8.86. The van der Waals surface area contributed by atoms with Gasteiger partial charge in [-0.05, 0) is 58.7 Å². The average Bonchev–Trinajstić information content (AvgIpc) is 2.89. The van der Waals surface area contributed by atoms with E-state index in [-0.39, 0.29) is 17.7 Å². The van der Waals surface area contributed by atoms with Gasteiger partial charge in [-0.15, -0.1) is 0 Å². The van der Waals surface area contributed by atoms with Crippen molar-refractivity contribution in [2.45, 2.75) is 63.3 Å². The van der Waals surface area contributed by atoms with Gasteiger partial charge in [0.2, 0.25) is 5.78 Å². The summed E-state index contributed by atoms with van der Waals surface area (Å²) in [6.07, 6.45) is 4.33. The number of piperidine rings is 1. The van der Waals surface area contributed by atoms with Crippen LogP contribution < -0.4 is 10.1 Å². The first-order valence-corrected chi connectivity index (χ1v) is 9.24. The second-order valence-electron chi connectivity index (χ2n) is 7.96. The van der Waals surface area contributed by atoms with Crippen molar-refractivity contribution in [3.8, 4) is 5.75 Å². The third-order valence-corrected chi connectivity index (χ3v) is 6.10. The van der Waals surface area contributed by atoms with Crippen LogP contribution in [0, 0.1) is 0 Å². The molecule has 4 rings (SSSR count). The zero-order chi connectivity index (χ0) is 17.9. The molecule has 1 N–H and O–H groups in total. The molecule has 0 radical (unpaired) electrons. The number of hydrogen-bond acceptors (Lipinski definition) is 4. The SMILES string of the molecule is CN1[C@@H]2CC[C@H]1CC(NC(=O)c1cc(Cl)cc3c1OC(C)(C)C3=O)C2. The van der Waals surface area contributed by atoms with Crippen molar-refractivity contribution in [3.05, 3.63) is 28.3 Å². The van der Waals surface area contributed by atoms with Gasteiger partial charge >= 0.3 is 0 Å². The minimum Gasteiger partial charge on any atom is -0.478 e. The van der Waals surface area contributed by atoms with E-state index in [0.717, 1.165) is 12.8 Å². The minimum absolute atomic E-state index is 0.142. The number of nitrogens with zero attached hydrogens (tertiary/aromatic N) is 1. The van der Waals surface area contributed by atoms with Crippen molar-refractivity contribution in [2.24, 2.45) is 0 Å². The summed E-state index contributed by atoms with van der Waals surface area (Å²) in [6.45, 7) is 3.42. The smallest absolute Gasteiger partial charge is 0.255 e. The van der Waals surface area contributed by atoms with Gasteiger partial charge in [0, 0.05) is 23.1 Å². The Morgan fingerprint density at radius 3 is 2.56 bits per heavy atom. The molecule has 3 aliphatic heterocycles. The normalized spacial score (nSPS) is 30.1. The van der Waals surface area contributed by atoms with Gasteiger partial charge < -0.3 is 15.0 Å². The summed E-state index contributed by atoms with van der Waals surface area (Å²) in [5.41, 5.74) is -0.215. The van der Waals surface area contributed by atoms with E-state index in [2.05, 4.69) is 17.3 Å². The van der Waals surface area contributed by atoms with Crippen LogP contribution in [0.5, 0.6) is 5.75 Å². The third-order valence-electron chi connectivity index (χ3n) is 5.88. The summed E-state index contributed by atoms with van der Waals surface area (Å²) in [7, 11) is 2.17. The van der Waals surface area contributed by atoms with Gasteiger partial charge in [-0.1, -0.05) is 11.6 Å². The Morgan fingerprint density at radius 1 is 1.28 bits per heavy atom. The molecule has 25 heavy (non-hydrogen) atoms. The lowest BCUT2D eigenvalue weighted by atomic mass is 9.96. The second-order valence-corrected chi connectivity index (χ2v) is 8.40. The predicted molar refractivity (Wildman–Crippen MR) is 95.6 cm³/mol. The highest BCUT2D eigenvalue weighted by Gasteiger charge is 2.43. The lowest BCUT2D eigenvalue weighted by Crippen LogP contribution is -2.48. The van der Waals surface area contributed by atoms with Crippen molar-refractivity contribution in [3.63, 3.8) is 0 Å². The Hall–Kier alpha value is -1.59. The molecule has 1 aromatic carbocycles. The first kappa shape index (κ1) is 16.9. The second kappa shape index (κ2) is 5.71. The first-order chi connectivity index (χ1) is 11.8. The topological polar surface area (TPSA) is 58.6 Å². The zero-order valence-electron chi connectivity index (χ0n) is 14.8. The highest BCUT2D eigenvalue weighted by atomic mass is 35.5. The summed E-state index contributed by atoms with van der Waals surface area (Å²) in [4.78, 5) is 27.8. The molecule has 3 aliphatic rings. The van der Waals surface area contributed by atoms with E-state index < -0.39 is 5.60 Å². The van der Waals surface area contributed by atoms with Gasteiger partial charge in [0.15, 0.2) is 5.60 Å². The number of halogens is 1. The summed E-state index contributed by atoms with van der Waals surface area (Å²) < 4.78 is 5.80. The van der Waals surface area contributed by atoms with Gasteiger partial charge in [-0.2, -0.15) is 0 Å². The van der Waals surface area contributed by atoms with E-state index in [1.807, 2.05) is 0 Å². The number of nitrogens with one attached hydrogen (secondary N) is 1. The molecule has 3 heterocycles. The summed E-state index contributed by atoms with van der Waals surface area (Å²) in [6, 6.07) is 4.42. The predicted octanol–water partition coefficient (Wildman–Crippen LogP) is 3.05. The molecule has 1 aromatic rings. The monoisotopic (exact) mass is 362 g/mol. The van der Waals surface area contributed by atoms with Crippen LogP contribution in [0.25, 0.3) is 0 Å². The van der Waals surface area contributed by atoms with E-state index in [4.69, 9.17) is 16.3 Å². The number of ether oxygens (including phenoxy) is 1. The van der Waals surface area contributed by atoms with Crippen molar-refractivity contribution in [2.75, 3.05) is 7.05 Å². The zero-order valence-corrected chi connectivity index (χ0v) is 15.5. The molecule has 1 unspecified atom stereocenters. The summed E-state index contributed by atoms with van der Waals surface area (Å²) in [5.74, 6) is 0.00221. The maximum absolute atomic E-state index is 12.9. The van der Waals surface area contributed by atoms with E-state index in [1.54, 1.807) is 26.0 Å². The Bertz CT molecular complexity index is 747. The van der Waals surface area contributed by atoms with E-state index in [1.165, 1.54) is 12.8 Å². The molecule has 134 valence electrons.